The Morgan fingerprint density at radius 1 is 1.38 bits per heavy atom. The summed E-state index contributed by atoms with van der Waals surface area (Å²) in [4.78, 5) is 22.6. The SMILES string of the molecule is CN(Cc1cc(=O)n2[nH]cc(C#N)c2n1)Cc1ncc(Cl)cc1Cl. The van der Waals surface area contributed by atoms with Crippen LogP contribution in [0.15, 0.2) is 29.3 Å². The van der Waals surface area contributed by atoms with Crippen molar-refractivity contribution in [2.45, 2.75) is 13.1 Å². The summed E-state index contributed by atoms with van der Waals surface area (Å²) < 4.78 is 1.24. The number of nitrogens with zero attached hydrogens (tertiary/aromatic N) is 5. The number of aromatic amines is 1. The molecular weight excluding hydrogens is 351 g/mol. The monoisotopic (exact) mass is 362 g/mol. The largest absolute Gasteiger partial charge is 0.295 e. The molecule has 9 heteroatoms. The second-order valence-electron chi connectivity index (χ2n) is 5.30. The Hall–Kier alpha value is -2.40. The van der Waals surface area contributed by atoms with E-state index in [4.69, 9.17) is 28.5 Å². The average Bonchev–Trinajstić information content (AvgIpc) is 2.93. The van der Waals surface area contributed by atoms with Crippen LogP contribution in [0.4, 0.5) is 0 Å². The number of hydrogen-bond acceptors (Lipinski definition) is 5. The van der Waals surface area contributed by atoms with Crippen molar-refractivity contribution in [2.24, 2.45) is 0 Å². The summed E-state index contributed by atoms with van der Waals surface area (Å²) in [6.45, 7) is 0.873. The number of nitriles is 1. The van der Waals surface area contributed by atoms with E-state index in [0.717, 1.165) is 0 Å². The Bertz CT molecular complexity index is 1000. The zero-order chi connectivity index (χ0) is 17.3. The number of aromatic nitrogens is 4. The van der Waals surface area contributed by atoms with Gasteiger partial charge in [0.25, 0.3) is 5.56 Å². The highest BCUT2D eigenvalue weighted by Gasteiger charge is 2.12. The van der Waals surface area contributed by atoms with Crippen molar-refractivity contribution in [3.8, 4) is 6.07 Å². The summed E-state index contributed by atoms with van der Waals surface area (Å²) >= 11 is 12.0. The lowest BCUT2D eigenvalue weighted by Gasteiger charge is -2.16. The van der Waals surface area contributed by atoms with E-state index in [9.17, 15) is 4.79 Å². The molecule has 0 amide bonds. The number of nitrogens with one attached hydrogen (secondary N) is 1. The third-order valence-electron chi connectivity index (χ3n) is 3.41. The molecule has 0 aliphatic heterocycles. The van der Waals surface area contributed by atoms with Crippen LogP contribution in [-0.2, 0) is 13.1 Å². The van der Waals surface area contributed by atoms with Crippen molar-refractivity contribution in [1.82, 2.24) is 24.5 Å². The summed E-state index contributed by atoms with van der Waals surface area (Å²) in [5, 5.41) is 12.7. The van der Waals surface area contributed by atoms with Crippen molar-refractivity contribution in [1.29, 1.82) is 5.26 Å². The number of hydrogen-bond donors (Lipinski definition) is 1. The van der Waals surface area contributed by atoms with E-state index in [1.807, 2.05) is 18.0 Å². The van der Waals surface area contributed by atoms with Gasteiger partial charge in [-0.25, -0.2) is 9.50 Å². The fraction of sp³-hybridized carbons (Fsp3) is 0.200. The summed E-state index contributed by atoms with van der Waals surface area (Å²) in [6.07, 6.45) is 2.99. The Labute approximate surface area is 147 Å². The standard InChI is InChI=1S/C15H12Cl2N6O/c1-22(8-13-12(17)2-10(16)6-19-13)7-11-3-14(24)23-15(21-11)9(4-18)5-20-23/h2-3,5-6,20H,7-8H2,1H3. The van der Waals surface area contributed by atoms with E-state index in [1.54, 1.807) is 6.07 Å². The molecule has 7 nitrogen and oxygen atoms in total. The molecule has 0 spiro atoms. The van der Waals surface area contributed by atoms with Crippen molar-refractivity contribution < 1.29 is 0 Å². The quantitative estimate of drug-likeness (QED) is 0.768. The Morgan fingerprint density at radius 2 is 2.17 bits per heavy atom. The number of fused-ring (bicyclic) bond motifs is 1. The smallest absolute Gasteiger partial charge is 0.272 e. The van der Waals surface area contributed by atoms with E-state index in [1.165, 1.54) is 23.0 Å². The van der Waals surface area contributed by atoms with E-state index < -0.39 is 0 Å². The Kier molecular flexibility index (Phi) is 4.53. The minimum Gasteiger partial charge on any atom is -0.295 e. The van der Waals surface area contributed by atoms with E-state index >= 15 is 0 Å². The number of halogens is 2. The van der Waals surface area contributed by atoms with Crippen LogP contribution < -0.4 is 5.56 Å². The molecule has 3 aromatic rings. The highest BCUT2D eigenvalue weighted by Crippen LogP contribution is 2.19. The van der Waals surface area contributed by atoms with Gasteiger partial charge in [0.2, 0.25) is 0 Å². The van der Waals surface area contributed by atoms with Gasteiger partial charge in [-0.3, -0.25) is 19.8 Å². The molecule has 0 aromatic carbocycles. The van der Waals surface area contributed by atoms with Crippen LogP contribution >= 0.6 is 23.2 Å². The summed E-state index contributed by atoms with van der Waals surface area (Å²) in [6, 6.07) is 5.07. The predicted octanol–water partition coefficient (Wildman–Crippen LogP) is 2.23. The molecule has 0 saturated carbocycles. The molecule has 122 valence electrons. The van der Waals surface area contributed by atoms with Gasteiger partial charge >= 0.3 is 0 Å². The third kappa shape index (κ3) is 3.26. The first-order valence-electron chi connectivity index (χ1n) is 6.96. The van der Waals surface area contributed by atoms with Crippen molar-refractivity contribution in [3.05, 3.63) is 61.9 Å². The number of pyridine rings is 1. The van der Waals surface area contributed by atoms with Crippen molar-refractivity contribution >= 4 is 28.8 Å². The maximum Gasteiger partial charge on any atom is 0.272 e. The molecule has 3 rings (SSSR count). The van der Waals surface area contributed by atoms with Crippen LogP contribution in [0.3, 0.4) is 0 Å². The third-order valence-corrected chi connectivity index (χ3v) is 3.94. The summed E-state index contributed by atoms with van der Waals surface area (Å²) in [5.41, 5.74) is 1.60. The predicted molar refractivity (Wildman–Crippen MR) is 90.0 cm³/mol. The molecule has 0 radical (unpaired) electrons. The molecule has 0 bridgehead atoms. The molecule has 0 aliphatic carbocycles. The zero-order valence-corrected chi connectivity index (χ0v) is 14.1. The minimum atomic E-state index is -0.271. The summed E-state index contributed by atoms with van der Waals surface area (Å²) in [5.74, 6) is 0. The van der Waals surface area contributed by atoms with Crippen molar-refractivity contribution in [2.75, 3.05) is 7.05 Å². The van der Waals surface area contributed by atoms with Crippen LogP contribution in [0.2, 0.25) is 10.0 Å². The first-order chi connectivity index (χ1) is 11.5. The molecular formula is C15H12Cl2N6O. The molecule has 0 saturated heterocycles. The fourth-order valence-corrected chi connectivity index (χ4v) is 2.78. The molecule has 0 atom stereocenters. The van der Waals surface area contributed by atoms with E-state index in [2.05, 4.69) is 15.1 Å². The van der Waals surface area contributed by atoms with Gasteiger partial charge in [-0.05, 0) is 13.1 Å². The van der Waals surface area contributed by atoms with E-state index in [-0.39, 0.29) is 5.56 Å². The number of rotatable bonds is 4. The molecule has 3 heterocycles. The van der Waals surface area contributed by atoms with Gasteiger partial charge in [0.1, 0.15) is 11.6 Å². The number of H-pyrrole nitrogens is 1. The summed E-state index contributed by atoms with van der Waals surface area (Å²) in [7, 11) is 1.86. The van der Waals surface area contributed by atoms with Crippen LogP contribution in [-0.4, -0.2) is 31.5 Å². The van der Waals surface area contributed by atoms with Gasteiger partial charge in [0.05, 0.1) is 21.4 Å². The first kappa shape index (κ1) is 16.5. The van der Waals surface area contributed by atoms with E-state index in [0.29, 0.717) is 45.7 Å². The van der Waals surface area contributed by atoms with Gasteiger partial charge < -0.3 is 0 Å². The molecule has 0 unspecified atom stereocenters. The Morgan fingerprint density at radius 3 is 2.88 bits per heavy atom. The van der Waals surface area contributed by atoms with Crippen LogP contribution in [0.25, 0.3) is 5.65 Å². The molecule has 0 fully saturated rings. The second-order valence-corrected chi connectivity index (χ2v) is 6.14. The normalized spacial score (nSPS) is 11.1. The zero-order valence-electron chi connectivity index (χ0n) is 12.6. The maximum absolute atomic E-state index is 12.1. The lowest BCUT2D eigenvalue weighted by atomic mass is 10.3. The average molecular weight is 363 g/mol. The minimum absolute atomic E-state index is 0.271. The lowest BCUT2D eigenvalue weighted by Crippen LogP contribution is -2.22. The van der Waals surface area contributed by atoms with Gasteiger partial charge in [-0.2, -0.15) is 5.26 Å². The van der Waals surface area contributed by atoms with Gasteiger partial charge in [-0.1, -0.05) is 23.2 Å². The van der Waals surface area contributed by atoms with Crippen LogP contribution in [0.5, 0.6) is 0 Å². The maximum atomic E-state index is 12.1. The van der Waals surface area contributed by atoms with Crippen LogP contribution in [0.1, 0.15) is 17.0 Å². The molecule has 24 heavy (non-hydrogen) atoms. The second kappa shape index (κ2) is 6.61. The Balaban J connectivity index is 1.84. The first-order valence-corrected chi connectivity index (χ1v) is 7.72. The fourth-order valence-electron chi connectivity index (χ4n) is 2.34. The van der Waals surface area contributed by atoms with Crippen molar-refractivity contribution in [3.63, 3.8) is 0 Å². The lowest BCUT2D eigenvalue weighted by molar-refractivity contribution is 0.311. The molecule has 3 aromatic heterocycles. The van der Waals surface area contributed by atoms with Gasteiger partial charge in [0, 0.05) is 31.5 Å². The highest BCUT2D eigenvalue weighted by molar-refractivity contribution is 6.34. The topological polar surface area (TPSA) is 90.1 Å². The van der Waals surface area contributed by atoms with Gasteiger partial charge in [0.15, 0.2) is 5.65 Å². The van der Waals surface area contributed by atoms with Crippen LogP contribution in [0, 0.1) is 11.3 Å². The van der Waals surface area contributed by atoms with Gasteiger partial charge in [-0.15, -0.1) is 0 Å². The molecule has 1 N–H and O–H groups in total. The highest BCUT2D eigenvalue weighted by atomic mass is 35.5. The molecule has 0 aliphatic rings.